The van der Waals surface area contributed by atoms with Gasteiger partial charge in [-0.15, -0.1) is 0 Å². The lowest BCUT2D eigenvalue weighted by Crippen LogP contribution is -2.19. The van der Waals surface area contributed by atoms with Crippen LogP contribution in [0.5, 0.6) is 0 Å². The average Bonchev–Trinajstić information content (AvgIpc) is 3.77. The van der Waals surface area contributed by atoms with E-state index in [2.05, 4.69) is 118 Å². The van der Waals surface area contributed by atoms with Crippen molar-refractivity contribution in [3.63, 3.8) is 0 Å². The molecule has 0 aliphatic heterocycles. The van der Waals surface area contributed by atoms with Crippen LogP contribution in [0.1, 0.15) is 0 Å². The van der Waals surface area contributed by atoms with Gasteiger partial charge in [-0.2, -0.15) is 0 Å². The summed E-state index contributed by atoms with van der Waals surface area (Å²) in [5, 5.41) is 6.94. The molecule has 0 amide bonds. The Labute approximate surface area is 325 Å². The molecule has 4 aromatic heterocycles. The van der Waals surface area contributed by atoms with E-state index in [1.165, 1.54) is 0 Å². The SMILES string of the molecule is O=c1c2cc3c(cc2c2cc4c5ccccc5n(-c5ccccc5)c4cc2n1-c1ccccc1)c1ccccc1n3-c1nc2ccccc2nc1-c1ccccc1. The highest BCUT2D eigenvalue weighted by Gasteiger charge is 2.23. The lowest BCUT2D eigenvalue weighted by molar-refractivity contribution is 1.06. The molecule has 0 saturated heterocycles. The van der Waals surface area contributed by atoms with Crippen molar-refractivity contribution in [3.05, 3.63) is 198 Å². The maximum Gasteiger partial charge on any atom is 0.263 e. The Morgan fingerprint density at radius 2 is 0.807 bits per heavy atom. The number of para-hydroxylation sites is 6. The highest BCUT2D eigenvalue weighted by molar-refractivity contribution is 6.21. The van der Waals surface area contributed by atoms with Crippen LogP contribution in [0.4, 0.5) is 0 Å². The van der Waals surface area contributed by atoms with Crippen LogP contribution < -0.4 is 5.56 Å². The molecule has 6 heteroatoms. The summed E-state index contributed by atoms with van der Waals surface area (Å²) >= 11 is 0. The van der Waals surface area contributed by atoms with Crippen molar-refractivity contribution in [1.29, 1.82) is 0 Å². The molecule has 0 bridgehead atoms. The van der Waals surface area contributed by atoms with Crippen LogP contribution in [0.25, 0.3) is 105 Å². The minimum atomic E-state index is -0.0861. The lowest BCUT2D eigenvalue weighted by Gasteiger charge is -2.16. The molecule has 12 rings (SSSR count). The fraction of sp³-hybridized carbons (Fsp3) is 0. The molecule has 0 aliphatic rings. The molecule has 6 nitrogen and oxygen atoms in total. The van der Waals surface area contributed by atoms with Crippen LogP contribution in [0, 0.1) is 0 Å². The number of pyridine rings is 1. The smallest absolute Gasteiger partial charge is 0.263 e. The molecule has 0 fully saturated rings. The summed E-state index contributed by atoms with van der Waals surface area (Å²) in [6.45, 7) is 0. The highest BCUT2D eigenvalue weighted by atomic mass is 16.1. The zero-order valence-corrected chi connectivity index (χ0v) is 30.5. The third-order valence-corrected chi connectivity index (χ3v) is 11.4. The first kappa shape index (κ1) is 31.5. The number of hydrogen-bond donors (Lipinski definition) is 0. The Kier molecular flexibility index (Phi) is 6.68. The molecule has 0 spiro atoms. The Bertz CT molecular complexity index is 3640. The van der Waals surface area contributed by atoms with Crippen LogP contribution in [0.15, 0.2) is 193 Å². The van der Waals surface area contributed by atoms with Gasteiger partial charge in [-0.25, -0.2) is 9.97 Å². The molecule has 0 unspecified atom stereocenters. The number of rotatable bonds is 4. The predicted octanol–water partition coefficient (Wildman–Crippen LogP) is 11.9. The van der Waals surface area contributed by atoms with Gasteiger partial charge in [-0.1, -0.05) is 115 Å². The minimum Gasteiger partial charge on any atom is -0.309 e. The zero-order chi connectivity index (χ0) is 37.6. The molecule has 266 valence electrons. The van der Waals surface area contributed by atoms with Gasteiger partial charge in [-0.05, 0) is 78.2 Å². The summed E-state index contributed by atoms with van der Waals surface area (Å²) in [6.07, 6.45) is 0. The molecule has 8 aromatic carbocycles. The zero-order valence-electron chi connectivity index (χ0n) is 30.5. The van der Waals surface area contributed by atoms with Crippen molar-refractivity contribution in [2.45, 2.75) is 0 Å². The van der Waals surface area contributed by atoms with E-state index in [-0.39, 0.29) is 5.56 Å². The summed E-state index contributed by atoms with van der Waals surface area (Å²) in [4.78, 5) is 25.8. The maximum absolute atomic E-state index is 15.3. The Morgan fingerprint density at radius 1 is 0.333 bits per heavy atom. The van der Waals surface area contributed by atoms with Gasteiger partial charge in [0.25, 0.3) is 5.56 Å². The second-order valence-corrected chi connectivity index (χ2v) is 14.6. The van der Waals surface area contributed by atoms with Crippen molar-refractivity contribution in [2.75, 3.05) is 0 Å². The van der Waals surface area contributed by atoms with Crippen molar-refractivity contribution >= 4 is 76.3 Å². The molecular formula is C51H31N5O. The van der Waals surface area contributed by atoms with E-state index >= 15 is 4.79 Å². The van der Waals surface area contributed by atoms with Crippen molar-refractivity contribution in [1.82, 2.24) is 23.7 Å². The number of aromatic nitrogens is 5. The van der Waals surface area contributed by atoms with Gasteiger partial charge in [0.05, 0.1) is 44.0 Å². The topological polar surface area (TPSA) is 57.6 Å². The first-order valence-electron chi connectivity index (χ1n) is 19.1. The molecule has 4 heterocycles. The van der Waals surface area contributed by atoms with Gasteiger partial charge in [0.2, 0.25) is 0 Å². The minimum absolute atomic E-state index is 0.0861. The number of benzene rings is 8. The van der Waals surface area contributed by atoms with Crippen molar-refractivity contribution < 1.29 is 0 Å². The lowest BCUT2D eigenvalue weighted by atomic mass is 10.0. The fourth-order valence-corrected chi connectivity index (χ4v) is 8.90. The van der Waals surface area contributed by atoms with Gasteiger partial charge < -0.3 is 4.57 Å². The summed E-state index contributed by atoms with van der Waals surface area (Å²) in [7, 11) is 0. The number of hydrogen-bond acceptors (Lipinski definition) is 3. The van der Waals surface area contributed by atoms with E-state index in [1.54, 1.807) is 0 Å². The average molecular weight is 730 g/mol. The second kappa shape index (κ2) is 12.1. The molecule has 57 heavy (non-hydrogen) atoms. The summed E-state index contributed by atoms with van der Waals surface area (Å²) in [6, 6.07) is 64.4. The first-order chi connectivity index (χ1) is 28.2. The molecular weight excluding hydrogens is 699 g/mol. The van der Waals surface area contributed by atoms with Crippen LogP contribution >= 0.6 is 0 Å². The van der Waals surface area contributed by atoms with E-state index in [1.807, 2.05) is 83.4 Å². The van der Waals surface area contributed by atoms with Crippen molar-refractivity contribution in [3.8, 4) is 28.5 Å². The third-order valence-electron chi connectivity index (χ3n) is 11.4. The largest absolute Gasteiger partial charge is 0.309 e. The number of nitrogens with zero attached hydrogens (tertiary/aromatic N) is 5. The monoisotopic (exact) mass is 729 g/mol. The van der Waals surface area contributed by atoms with Gasteiger partial charge >= 0.3 is 0 Å². The van der Waals surface area contributed by atoms with Gasteiger partial charge in [-0.3, -0.25) is 13.9 Å². The van der Waals surface area contributed by atoms with Crippen LogP contribution in [0.3, 0.4) is 0 Å². The molecule has 12 aromatic rings. The predicted molar refractivity (Wildman–Crippen MR) is 234 cm³/mol. The van der Waals surface area contributed by atoms with E-state index in [0.29, 0.717) is 11.2 Å². The molecule has 0 aliphatic carbocycles. The fourth-order valence-electron chi connectivity index (χ4n) is 8.90. The van der Waals surface area contributed by atoms with E-state index in [0.717, 1.165) is 93.6 Å². The van der Waals surface area contributed by atoms with E-state index in [4.69, 9.17) is 9.97 Å². The Morgan fingerprint density at radius 3 is 1.47 bits per heavy atom. The van der Waals surface area contributed by atoms with Gasteiger partial charge in [0.1, 0.15) is 5.69 Å². The molecule has 0 N–H and O–H groups in total. The van der Waals surface area contributed by atoms with E-state index < -0.39 is 0 Å². The van der Waals surface area contributed by atoms with Gasteiger partial charge in [0.15, 0.2) is 5.82 Å². The van der Waals surface area contributed by atoms with Crippen molar-refractivity contribution in [2.24, 2.45) is 0 Å². The first-order valence-corrected chi connectivity index (χ1v) is 19.1. The standard InChI is InChI=1S/C51H31N5O/c57-51-41-30-46-38(36-23-11-15-27-45(36)56(46)50-49(32-16-4-1-5-17-32)52-42-24-12-13-25-43(42)53-50)28-37(41)40-29-39-35-22-10-14-26-44(35)54(33-18-6-2-7-19-33)47(39)31-48(40)55(51)34-20-8-3-9-21-34/h1-31H. The maximum atomic E-state index is 15.3. The molecule has 0 saturated carbocycles. The third kappa shape index (κ3) is 4.61. The Hall–Kier alpha value is -7.83. The molecule has 0 atom stereocenters. The van der Waals surface area contributed by atoms with Crippen LogP contribution in [-0.2, 0) is 0 Å². The molecule has 0 radical (unpaired) electrons. The van der Waals surface area contributed by atoms with Gasteiger partial charge in [0, 0.05) is 43.9 Å². The van der Waals surface area contributed by atoms with E-state index in [9.17, 15) is 0 Å². The summed E-state index contributed by atoms with van der Waals surface area (Å²) in [5.41, 5.74) is 10.0. The normalized spacial score (nSPS) is 11.9. The van der Waals surface area contributed by atoms with Crippen LogP contribution in [-0.4, -0.2) is 23.7 Å². The quantitative estimate of drug-likeness (QED) is 0.170. The summed E-state index contributed by atoms with van der Waals surface area (Å²) in [5.74, 6) is 0.713. The van der Waals surface area contributed by atoms with Crippen LogP contribution in [0.2, 0.25) is 0 Å². The Balaban J connectivity index is 1.26. The highest BCUT2D eigenvalue weighted by Crippen LogP contribution is 2.41. The second-order valence-electron chi connectivity index (χ2n) is 14.6. The number of fused-ring (bicyclic) bond motifs is 10. The summed E-state index contributed by atoms with van der Waals surface area (Å²) < 4.78 is 6.38.